The van der Waals surface area contributed by atoms with Crippen LogP contribution in [0.15, 0.2) is 146 Å². The summed E-state index contributed by atoms with van der Waals surface area (Å²) >= 11 is 0. The SMILES string of the molecule is CC(=O)c1ccc(C(C)=O)cc1.CC/C=C(/C)c1ccc(C(C)=O)cc1.CCC[P+](c1ccccc1)(c1ccccc1)c1ccccc1.[Br-]. The molecule has 5 aromatic carbocycles. The number of hydrogen-bond acceptors (Lipinski definition) is 3. The summed E-state index contributed by atoms with van der Waals surface area (Å²) in [4.78, 5) is 32.7. The Morgan fingerprint density at radius 1 is 0.469 bits per heavy atom. The first kappa shape index (κ1) is 40.9. The molecule has 0 amide bonds. The fourth-order valence-electron chi connectivity index (χ4n) is 5.55. The van der Waals surface area contributed by atoms with Gasteiger partial charge >= 0.3 is 0 Å². The number of rotatable bonds is 10. The van der Waals surface area contributed by atoms with E-state index in [1.54, 1.807) is 31.2 Å². The van der Waals surface area contributed by atoms with Gasteiger partial charge in [-0.05, 0) is 88.1 Å². The van der Waals surface area contributed by atoms with Gasteiger partial charge in [-0.2, -0.15) is 0 Å². The highest BCUT2D eigenvalue weighted by Gasteiger charge is 2.44. The van der Waals surface area contributed by atoms with E-state index in [2.05, 4.69) is 118 Å². The van der Waals surface area contributed by atoms with Crippen molar-refractivity contribution in [1.29, 1.82) is 0 Å². The lowest BCUT2D eigenvalue weighted by atomic mass is 10.0. The molecule has 49 heavy (non-hydrogen) atoms. The number of hydrogen-bond donors (Lipinski definition) is 0. The number of ketones is 3. The van der Waals surface area contributed by atoms with Gasteiger partial charge in [0.25, 0.3) is 0 Å². The molecule has 0 aliphatic heterocycles. The summed E-state index contributed by atoms with van der Waals surface area (Å²) in [6.07, 6.45) is 5.63. The fraction of sp³-hybridized carbons (Fsp3) is 0.205. The molecule has 0 N–H and O–H groups in total. The van der Waals surface area contributed by atoms with E-state index in [0.29, 0.717) is 11.1 Å². The van der Waals surface area contributed by atoms with E-state index in [9.17, 15) is 14.4 Å². The lowest BCUT2D eigenvalue weighted by Gasteiger charge is -2.27. The minimum absolute atomic E-state index is 0. The Morgan fingerprint density at radius 3 is 1.00 bits per heavy atom. The van der Waals surface area contributed by atoms with Crippen molar-refractivity contribution >= 4 is 46.1 Å². The second kappa shape index (κ2) is 21.0. The van der Waals surface area contributed by atoms with Crippen LogP contribution in [0.5, 0.6) is 0 Å². The van der Waals surface area contributed by atoms with Crippen molar-refractivity contribution in [3.63, 3.8) is 0 Å². The van der Waals surface area contributed by atoms with Crippen LogP contribution in [0.3, 0.4) is 0 Å². The first-order chi connectivity index (χ1) is 23.1. The van der Waals surface area contributed by atoms with Crippen molar-refractivity contribution in [1.82, 2.24) is 0 Å². The molecule has 0 atom stereocenters. The molecule has 5 aromatic rings. The van der Waals surface area contributed by atoms with Gasteiger partial charge in [0, 0.05) is 16.7 Å². The van der Waals surface area contributed by atoms with Gasteiger partial charge in [0.1, 0.15) is 23.2 Å². The number of carbonyl (C=O) groups excluding carboxylic acids is 3. The predicted octanol–water partition coefficient (Wildman–Crippen LogP) is 7.19. The Labute approximate surface area is 304 Å². The van der Waals surface area contributed by atoms with Gasteiger partial charge in [-0.3, -0.25) is 14.4 Å². The average molecular weight is 736 g/mol. The average Bonchev–Trinajstić information content (AvgIpc) is 3.12. The molecule has 0 fully saturated rings. The zero-order valence-corrected chi connectivity index (χ0v) is 32.0. The quantitative estimate of drug-likeness (QED) is 0.113. The van der Waals surface area contributed by atoms with E-state index in [-0.39, 0.29) is 34.3 Å². The van der Waals surface area contributed by atoms with Crippen LogP contribution < -0.4 is 32.9 Å². The second-order valence-corrected chi connectivity index (χ2v) is 15.3. The van der Waals surface area contributed by atoms with E-state index < -0.39 is 7.26 Å². The summed E-state index contributed by atoms with van der Waals surface area (Å²) in [5, 5.41) is 4.44. The van der Waals surface area contributed by atoms with Gasteiger partial charge in [0.15, 0.2) is 17.3 Å². The van der Waals surface area contributed by atoms with Crippen LogP contribution in [0.2, 0.25) is 0 Å². The Bertz CT molecular complexity index is 1630. The highest BCUT2D eigenvalue weighted by Crippen LogP contribution is 2.55. The summed E-state index contributed by atoms with van der Waals surface area (Å²) in [6, 6.07) is 47.6. The largest absolute Gasteiger partial charge is 1.00 e. The smallest absolute Gasteiger partial charge is 0.159 e. The summed E-state index contributed by atoms with van der Waals surface area (Å²) in [7, 11) is -1.55. The van der Waals surface area contributed by atoms with Crippen LogP contribution in [-0.4, -0.2) is 23.5 Å². The van der Waals surface area contributed by atoms with Gasteiger partial charge in [-0.15, -0.1) is 0 Å². The van der Waals surface area contributed by atoms with Crippen LogP contribution >= 0.6 is 7.26 Å². The van der Waals surface area contributed by atoms with Crippen molar-refractivity contribution in [2.75, 3.05) is 6.16 Å². The lowest BCUT2D eigenvalue weighted by Crippen LogP contribution is -3.00. The number of Topliss-reactive ketones (excluding diaryl/α,β-unsaturated/α-hetero) is 3. The Kier molecular flexibility index (Phi) is 17.5. The molecule has 0 aliphatic carbocycles. The predicted molar refractivity (Wildman–Crippen MR) is 207 cm³/mol. The van der Waals surface area contributed by atoms with Crippen molar-refractivity contribution in [3.8, 4) is 0 Å². The van der Waals surface area contributed by atoms with E-state index >= 15 is 0 Å². The van der Waals surface area contributed by atoms with Gasteiger partial charge in [0.05, 0.1) is 6.16 Å². The van der Waals surface area contributed by atoms with Crippen LogP contribution in [0.1, 0.15) is 91.0 Å². The lowest BCUT2D eigenvalue weighted by molar-refractivity contribution is -0.0000331. The molecule has 3 nitrogen and oxygen atoms in total. The number of allylic oxidation sites excluding steroid dienone is 2. The number of carbonyl (C=O) groups is 3. The van der Waals surface area contributed by atoms with Crippen LogP contribution in [0.4, 0.5) is 0 Å². The summed E-state index contributed by atoms with van der Waals surface area (Å²) in [5.74, 6) is 0.156. The van der Waals surface area contributed by atoms with Gasteiger partial charge in [-0.1, -0.05) is 123 Å². The van der Waals surface area contributed by atoms with Gasteiger partial charge in [-0.25, -0.2) is 0 Å². The van der Waals surface area contributed by atoms with Crippen molar-refractivity contribution in [2.24, 2.45) is 0 Å². The molecule has 0 spiro atoms. The number of halogens is 1. The third-order valence-corrected chi connectivity index (χ3v) is 12.8. The molecule has 0 aromatic heterocycles. The molecule has 5 heteroatoms. The maximum absolute atomic E-state index is 11.0. The summed E-state index contributed by atoms with van der Waals surface area (Å²) in [5.41, 5.74) is 4.51. The van der Waals surface area contributed by atoms with Gasteiger partial charge < -0.3 is 17.0 Å². The zero-order valence-electron chi connectivity index (χ0n) is 29.5. The van der Waals surface area contributed by atoms with E-state index in [4.69, 9.17) is 0 Å². The maximum Gasteiger partial charge on any atom is 0.159 e. The van der Waals surface area contributed by atoms with E-state index in [1.807, 2.05) is 24.3 Å². The normalized spacial score (nSPS) is 10.7. The molecule has 0 radical (unpaired) electrons. The molecule has 0 unspecified atom stereocenters. The van der Waals surface area contributed by atoms with Crippen molar-refractivity contribution in [3.05, 3.63) is 168 Å². The second-order valence-electron chi connectivity index (χ2n) is 11.7. The first-order valence-electron chi connectivity index (χ1n) is 16.6. The highest BCUT2D eigenvalue weighted by molar-refractivity contribution is 7.95. The Hall–Kier alpha value is -4.24. The first-order valence-corrected chi connectivity index (χ1v) is 18.6. The summed E-state index contributed by atoms with van der Waals surface area (Å²) in [6.45, 7) is 11.1. The molecular formula is C44H48BrO3P. The van der Waals surface area contributed by atoms with Crippen molar-refractivity contribution < 1.29 is 31.4 Å². The van der Waals surface area contributed by atoms with E-state index in [0.717, 1.165) is 12.0 Å². The van der Waals surface area contributed by atoms with Crippen LogP contribution in [0, 0.1) is 0 Å². The summed E-state index contributed by atoms with van der Waals surface area (Å²) < 4.78 is 0. The standard InChI is InChI=1S/C21H22P.C13H16O.C10H10O2.BrH/c1-2-18-22(19-12-6-3-7-13-19,20-14-8-4-9-15-20)21-16-10-5-11-17-21;1-4-5-10(2)12-6-8-13(9-7-12)11(3)14;1-7(11)9-3-5-10(6-4-9)8(2)12;/h3-17H,2,18H2,1H3;5-9H,4H2,1-3H3;3-6H,1-2H3;1H/q+1;;;/p-1/b;10-5-;;. The Morgan fingerprint density at radius 2 is 0.755 bits per heavy atom. The third kappa shape index (κ3) is 11.7. The Balaban J connectivity index is 0.000000269. The van der Waals surface area contributed by atoms with Crippen LogP contribution in [0.25, 0.3) is 5.57 Å². The molecule has 0 aliphatic rings. The molecular weight excluding hydrogens is 687 g/mol. The molecule has 5 rings (SSSR count). The van der Waals surface area contributed by atoms with E-state index in [1.165, 1.54) is 53.5 Å². The van der Waals surface area contributed by atoms with Crippen LogP contribution in [-0.2, 0) is 0 Å². The highest BCUT2D eigenvalue weighted by atomic mass is 79.9. The third-order valence-electron chi connectivity index (χ3n) is 8.10. The topological polar surface area (TPSA) is 51.2 Å². The zero-order chi connectivity index (χ0) is 34.9. The molecule has 0 heterocycles. The van der Waals surface area contributed by atoms with Crippen molar-refractivity contribution in [2.45, 2.75) is 54.4 Å². The molecule has 0 saturated heterocycles. The minimum atomic E-state index is -1.55. The molecule has 0 saturated carbocycles. The maximum atomic E-state index is 11.0. The monoisotopic (exact) mass is 734 g/mol. The van der Waals surface area contributed by atoms with Gasteiger partial charge in [0.2, 0.25) is 0 Å². The molecule has 0 bridgehead atoms. The molecule has 254 valence electrons. The fourth-order valence-corrected chi connectivity index (χ4v) is 9.93. The number of benzene rings is 5. The minimum Gasteiger partial charge on any atom is -1.00 e.